The van der Waals surface area contributed by atoms with Crippen LogP contribution in [-0.2, 0) is 19.1 Å². The largest absolute Gasteiger partial charge is 0.382 e. The van der Waals surface area contributed by atoms with Crippen molar-refractivity contribution in [3.8, 4) is 0 Å². The van der Waals surface area contributed by atoms with Crippen molar-refractivity contribution in [2.45, 2.75) is 39.3 Å². The van der Waals surface area contributed by atoms with Gasteiger partial charge >= 0.3 is 0 Å². The Labute approximate surface area is 120 Å². The molecule has 116 valence electrons. The molecule has 1 fully saturated rings. The standard InChI is InChI=1S/C14H26N2O4/c1-10(2)13-14(18)16(5-6-20-8-7-19-4)11(3)9-12(17)15-13/h10-11,13H,5-9H2,1-4H3,(H,15,17). The second kappa shape index (κ2) is 8.21. The van der Waals surface area contributed by atoms with E-state index in [1.165, 1.54) is 0 Å². The third-order valence-corrected chi connectivity index (χ3v) is 3.45. The van der Waals surface area contributed by atoms with E-state index in [0.29, 0.717) is 32.8 Å². The minimum atomic E-state index is -0.438. The maximum absolute atomic E-state index is 12.5. The molecule has 1 saturated heterocycles. The van der Waals surface area contributed by atoms with Crippen molar-refractivity contribution in [1.29, 1.82) is 0 Å². The van der Waals surface area contributed by atoms with Crippen LogP contribution in [0.3, 0.4) is 0 Å². The Morgan fingerprint density at radius 2 is 2.00 bits per heavy atom. The van der Waals surface area contributed by atoms with Crippen LogP contribution in [0.5, 0.6) is 0 Å². The molecule has 6 heteroatoms. The Hall–Kier alpha value is -1.14. The normalized spacial score (nSPS) is 23.9. The van der Waals surface area contributed by atoms with Gasteiger partial charge in [-0.3, -0.25) is 9.59 Å². The Morgan fingerprint density at radius 3 is 2.60 bits per heavy atom. The van der Waals surface area contributed by atoms with Crippen LogP contribution in [0.2, 0.25) is 0 Å². The smallest absolute Gasteiger partial charge is 0.245 e. The molecule has 20 heavy (non-hydrogen) atoms. The molecule has 0 spiro atoms. The van der Waals surface area contributed by atoms with Gasteiger partial charge < -0.3 is 19.7 Å². The van der Waals surface area contributed by atoms with Crippen LogP contribution >= 0.6 is 0 Å². The number of methoxy groups -OCH3 is 1. The fourth-order valence-electron chi connectivity index (χ4n) is 2.26. The molecule has 1 N–H and O–H groups in total. The van der Waals surface area contributed by atoms with E-state index in [4.69, 9.17) is 9.47 Å². The lowest BCUT2D eigenvalue weighted by molar-refractivity contribution is -0.136. The summed E-state index contributed by atoms with van der Waals surface area (Å²) in [6, 6.07) is -0.538. The van der Waals surface area contributed by atoms with Gasteiger partial charge in [0, 0.05) is 26.1 Å². The summed E-state index contributed by atoms with van der Waals surface area (Å²) in [4.78, 5) is 26.0. The zero-order valence-corrected chi connectivity index (χ0v) is 12.8. The summed E-state index contributed by atoms with van der Waals surface area (Å²) < 4.78 is 10.3. The lowest BCUT2D eigenvalue weighted by Gasteiger charge is -2.29. The number of hydrogen-bond acceptors (Lipinski definition) is 4. The van der Waals surface area contributed by atoms with Crippen molar-refractivity contribution in [2.75, 3.05) is 33.5 Å². The van der Waals surface area contributed by atoms with Gasteiger partial charge in [0.2, 0.25) is 11.8 Å². The number of nitrogens with one attached hydrogen (secondary N) is 1. The number of amides is 2. The van der Waals surface area contributed by atoms with Gasteiger partial charge in [-0.1, -0.05) is 13.8 Å². The number of nitrogens with zero attached hydrogens (tertiary/aromatic N) is 1. The highest BCUT2D eigenvalue weighted by molar-refractivity contribution is 5.90. The molecule has 0 aromatic carbocycles. The lowest BCUT2D eigenvalue weighted by atomic mass is 10.0. The van der Waals surface area contributed by atoms with Gasteiger partial charge in [0.15, 0.2) is 0 Å². The van der Waals surface area contributed by atoms with Gasteiger partial charge in [-0.15, -0.1) is 0 Å². The second-order valence-electron chi connectivity index (χ2n) is 5.48. The van der Waals surface area contributed by atoms with Crippen LogP contribution in [0.4, 0.5) is 0 Å². The maximum Gasteiger partial charge on any atom is 0.245 e. The van der Waals surface area contributed by atoms with Gasteiger partial charge in [-0.05, 0) is 12.8 Å². The highest BCUT2D eigenvalue weighted by atomic mass is 16.5. The summed E-state index contributed by atoms with van der Waals surface area (Å²) in [5, 5.41) is 2.81. The number of carbonyl (C=O) groups excluding carboxylic acids is 2. The monoisotopic (exact) mass is 286 g/mol. The van der Waals surface area contributed by atoms with Crippen LogP contribution in [0, 0.1) is 5.92 Å². The highest BCUT2D eigenvalue weighted by Gasteiger charge is 2.35. The minimum absolute atomic E-state index is 0.0197. The van der Waals surface area contributed by atoms with Crippen molar-refractivity contribution in [3.63, 3.8) is 0 Å². The molecular weight excluding hydrogens is 260 g/mol. The van der Waals surface area contributed by atoms with Crippen molar-refractivity contribution in [3.05, 3.63) is 0 Å². The number of rotatable bonds is 7. The van der Waals surface area contributed by atoms with Gasteiger partial charge in [0.25, 0.3) is 0 Å². The first kappa shape index (κ1) is 16.9. The lowest BCUT2D eigenvalue weighted by Crippen LogP contribution is -2.49. The fourth-order valence-corrected chi connectivity index (χ4v) is 2.26. The number of ether oxygens (including phenoxy) is 2. The van der Waals surface area contributed by atoms with Crippen LogP contribution in [-0.4, -0.2) is 62.3 Å². The van der Waals surface area contributed by atoms with E-state index in [0.717, 1.165) is 0 Å². The quantitative estimate of drug-likeness (QED) is 0.688. The summed E-state index contributed by atoms with van der Waals surface area (Å²) in [6.07, 6.45) is 0.340. The first-order valence-corrected chi connectivity index (χ1v) is 7.14. The molecular formula is C14H26N2O4. The van der Waals surface area contributed by atoms with Gasteiger partial charge in [-0.2, -0.15) is 0 Å². The Kier molecular flexibility index (Phi) is 6.95. The van der Waals surface area contributed by atoms with E-state index in [1.807, 2.05) is 20.8 Å². The van der Waals surface area contributed by atoms with Gasteiger partial charge in [0.1, 0.15) is 6.04 Å². The van der Waals surface area contributed by atoms with Gasteiger partial charge in [0.05, 0.1) is 19.8 Å². The van der Waals surface area contributed by atoms with Crippen LogP contribution in [0.25, 0.3) is 0 Å². The first-order chi connectivity index (χ1) is 9.47. The summed E-state index contributed by atoms with van der Waals surface area (Å²) in [6.45, 7) is 7.78. The molecule has 1 heterocycles. The molecule has 1 rings (SSSR count). The van der Waals surface area contributed by atoms with E-state index < -0.39 is 6.04 Å². The zero-order chi connectivity index (χ0) is 15.1. The molecule has 0 bridgehead atoms. The summed E-state index contributed by atoms with van der Waals surface area (Å²) in [5.41, 5.74) is 0. The third kappa shape index (κ3) is 4.76. The van der Waals surface area contributed by atoms with E-state index in [1.54, 1.807) is 12.0 Å². The predicted octanol–water partition coefficient (Wildman–Crippen LogP) is 0.411. The second-order valence-corrected chi connectivity index (χ2v) is 5.48. The topological polar surface area (TPSA) is 67.9 Å². The average Bonchev–Trinajstić information content (AvgIpc) is 2.48. The van der Waals surface area contributed by atoms with Crippen molar-refractivity contribution >= 4 is 11.8 Å². The van der Waals surface area contributed by atoms with E-state index in [2.05, 4.69) is 5.32 Å². The Balaban J connectivity index is 2.60. The third-order valence-electron chi connectivity index (χ3n) is 3.45. The molecule has 0 aromatic heterocycles. The van der Waals surface area contributed by atoms with Crippen LogP contribution in [0.15, 0.2) is 0 Å². The summed E-state index contributed by atoms with van der Waals surface area (Å²) in [7, 11) is 1.62. The Bertz CT molecular complexity index is 333. The van der Waals surface area contributed by atoms with E-state index in [9.17, 15) is 9.59 Å². The number of carbonyl (C=O) groups is 2. The van der Waals surface area contributed by atoms with E-state index in [-0.39, 0.29) is 23.8 Å². The maximum atomic E-state index is 12.5. The molecule has 1 aliphatic rings. The molecule has 0 saturated carbocycles. The molecule has 2 atom stereocenters. The van der Waals surface area contributed by atoms with Crippen molar-refractivity contribution in [2.24, 2.45) is 5.92 Å². The zero-order valence-electron chi connectivity index (χ0n) is 12.8. The molecule has 0 radical (unpaired) electrons. The van der Waals surface area contributed by atoms with Crippen molar-refractivity contribution in [1.82, 2.24) is 10.2 Å². The molecule has 2 amide bonds. The van der Waals surface area contributed by atoms with Gasteiger partial charge in [-0.25, -0.2) is 0 Å². The summed E-state index contributed by atoms with van der Waals surface area (Å²) in [5.74, 6) is -0.00490. The fraction of sp³-hybridized carbons (Fsp3) is 0.857. The average molecular weight is 286 g/mol. The minimum Gasteiger partial charge on any atom is -0.382 e. The molecule has 1 aliphatic heterocycles. The molecule has 0 aromatic rings. The molecule has 6 nitrogen and oxygen atoms in total. The SMILES string of the molecule is COCCOCCN1C(=O)C(C(C)C)NC(=O)CC1C. The van der Waals surface area contributed by atoms with E-state index >= 15 is 0 Å². The van der Waals surface area contributed by atoms with Crippen LogP contribution < -0.4 is 5.32 Å². The predicted molar refractivity (Wildman–Crippen MR) is 75.3 cm³/mol. The Morgan fingerprint density at radius 1 is 1.30 bits per heavy atom. The molecule has 0 aliphatic carbocycles. The highest BCUT2D eigenvalue weighted by Crippen LogP contribution is 2.15. The molecule has 2 unspecified atom stereocenters. The van der Waals surface area contributed by atoms with Crippen LogP contribution in [0.1, 0.15) is 27.2 Å². The number of hydrogen-bond donors (Lipinski definition) is 1. The van der Waals surface area contributed by atoms with Crippen molar-refractivity contribution < 1.29 is 19.1 Å². The first-order valence-electron chi connectivity index (χ1n) is 7.14. The summed E-state index contributed by atoms with van der Waals surface area (Å²) >= 11 is 0.